The Morgan fingerprint density at radius 3 is 2.80 bits per heavy atom. The molecule has 4 heteroatoms. The Kier molecular flexibility index (Phi) is 5.87. The number of hydrogen-bond donors (Lipinski definition) is 1. The molecule has 0 heterocycles. The minimum Gasteiger partial charge on any atom is -0.381 e. The minimum absolute atomic E-state index is 0.0542. The van der Waals surface area contributed by atoms with Crippen LogP contribution in [0.5, 0.6) is 0 Å². The number of nitrogens with one attached hydrogen (secondary N) is 1. The molecule has 20 heavy (non-hydrogen) atoms. The molecule has 1 amide bonds. The molecule has 0 aromatic heterocycles. The van der Waals surface area contributed by atoms with Crippen LogP contribution in [-0.4, -0.2) is 39.3 Å². The van der Waals surface area contributed by atoms with Crippen molar-refractivity contribution >= 4 is 11.6 Å². The van der Waals surface area contributed by atoms with Crippen LogP contribution >= 0.6 is 0 Å². The molecule has 0 aliphatic heterocycles. The van der Waals surface area contributed by atoms with Crippen LogP contribution in [-0.2, 0) is 9.53 Å². The molecule has 0 spiro atoms. The zero-order chi connectivity index (χ0) is 14.2. The summed E-state index contributed by atoms with van der Waals surface area (Å²) in [7, 11) is 1.92. The maximum Gasteiger partial charge on any atom is 0.239 e. The summed E-state index contributed by atoms with van der Waals surface area (Å²) in [5, 5.41) is 2.93. The third-order valence-corrected chi connectivity index (χ3v) is 3.42. The molecule has 1 aromatic rings. The lowest BCUT2D eigenvalue weighted by Crippen LogP contribution is -2.35. The van der Waals surface area contributed by atoms with Gasteiger partial charge in [0.25, 0.3) is 0 Å². The standard InChI is InChI=1S/C16H24N2O2/c1-18(15-6-3-2-4-7-15)12-16(19)17-10-5-11-20-13-14-8-9-14/h2-4,6-7,14H,5,8-13H2,1H3,(H,17,19). The van der Waals surface area contributed by atoms with Gasteiger partial charge in [0.15, 0.2) is 0 Å². The monoisotopic (exact) mass is 276 g/mol. The van der Waals surface area contributed by atoms with E-state index in [1.807, 2.05) is 42.3 Å². The highest BCUT2D eigenvalue weighted by atomic mass is 16.5. The highest BCUT2D eigenvalue weighted by molar-refractivity contribution is 5.81. The quantitative estimate of drug-likeness (QED) is 0.702. The van der Waals surface area contributed by atoms with Gasteiger partial charge in [-0.05, 0) is 37.3 Å². The molecule has 1 aliphatic rings. The zero-order valence-corrected chi connectivity index (χ0v) is 12.2. The summed E-state index contributed by atoms with van der Waals surface area (Å²) < 4.78 is 5.53. The van der Waals surface area contributed by atoms with Gasteiger partial charge in [-0.25, -0.2) is 0 Å². The Labute approximate surface area is 121 Å². The predicted molar refractivity (Wildman–Crippen MR) is 80.9 cm³/mol. The number of anilines is 1. The molecule has 4 nitrogen and oxygen atoms in total. The Morgan fingerprint density at radius 1 is 1.35 bits per heavy atom. The first kappa shape index (κ1) is 14.9. The summed E-state index contributed by atoms with van der Waals surface area (Å²) in [6.45, 7) is 2.70. The maximum absolute atomic E-state index is 11.8. The van der Waals surface area contributed by atoms with E-state index < -0.39 is 0 Å². The number of amides is 1. The predicted octanol–water partition coefficient (Wildman–Crippen LogP) is 2.06. The highest BCUT2D eigenvalue weighted by Crippen LogP contribution is 2.28. The van der Waals surface area contributed by atoms with Gasteiger partial charge in [-0.1, -0.05) is 18.2 Å². The fraction of sp³-hybridized carbons (Fsp3) is 0.562. The van der Waals surface area contributed by atoms with Gasteiger partial charge in [-0.15, -0.1) is 0 Å². The van der Waals surface area contributed by atoms with Crippen molar-refractivity contribution in [3.8, 4) is 0 Å². The van der Waals surface area contributed by atoms with Crippen LogP contribution in [0, 0.1) is 5.92 Å². The van der Waals surface area contributed by atoms with Gasteiger partial charge in [0.1, 0.15) is 0 Å². The summed E-state index contributed by atoms with van der Waals surface area (Å²) in [5.41, 5.74) is 1.05. The summed E-state index contributed by atoms with van der Waals surface area (Å²) in [6, 6.07) is 9.92. The smallest absolute Gasteiger partial charge is 0.239 e. The molecular formula is C16H24N2O2. The third-order valence-electron chi connectivity index (χ3n) is 3.42. The van der Waals surface area contributed by atoms with Crippen LogP contribution in [0.4, 0.5) is 5.69 Å². The Bertz CT molecular complexity index is 404. The van der Waals surface area contributed by atoms with Gasteiger partial charge in [-0.2, -0.15) is 0 Å². The number of hydrogen-bond acceptors (Lipinski definition) is 3. The summed E-state index contributed by atoms with van der Waals surface area (Å²) in [5.74, 6) is 0.864. The van der Waals surface area contributed by atoms with Gasteiger partial charge in [0.05, 0.1) is 6.54 Å². The van der Waals surface area contributed by atoms with Crippen LogP contribution in [0.3, 0.4) is 0 Å². The van der Waals surface area contributed by atoms with E-state index in [-0.39, 0.29) is 5.91 Å². The van der Waals surface area contributed by atoms with Crippen molar-refractivity contribution in [2.24, 2.45) is 5.92 Å². The van der Waals surface area contributed by atoms with Gasteiger partial charge in [0, 0.05) is 32.5 Å². The Hall–Kier alpha value is -1.55. The van der Waals surface area contributed by atoms with Crippen LogP contribution in [0.2, 0.25) is 0 Å². The van der Waals surface area contributed by atoms with Crippen molar-refractivity contribution < 1.29 is 9.53 Å². The number of likely N-dealkylation sites (N-methyl/N-ethyl adjacent to an activating group) is 1. The number of nitrogens with zero attached hydrogens (tertiary/aromatic N) is 1. The van der Waals surface area contributed by atoms with Gasteiger partial charge < -0.3 is 15.0 Å². The van der Waals surface area contributed by atoms with E-state index in [1.54, 1.807) is 0 Å². The largest absolute Gasteiger partial charge is 0.381 e. The third kappa shape index (κ3) is 5.61. The van der Waals surface area contributed by atoms with E-state index in [0.717, 1.165) is 31.2 Å². The first-order chi connectivity index (χ1) is 9.75. The van der Waals surface area contributed by atoms with E-state index in [9.17, 15) is 4.79 Å². The molecular weight excluding hydrogens is 252 g/mol. The fourth-order valence-corrected chi connectivity index (χ4v) is 1.98. The van der Waals surface area contributed by atoms with E-state index in [4.69, 9.17) is 4.74 Å². The number of rotatable bonds is 9. The summed E-state index contributed by atoms with van der Waals surface area (Å²) in [4.78, 5) is 13.7. The van der Waals surface area contributed by atoms with Gasteiger partial charge in [-0.3, -0.25) is 4.79 Å². The van der Waals surface area contributed by atoms with Gasteiger partial charge >= 0.3 is 0 Å². The lowest BCUT2D eigenvalue weighted by atomic mass is 10.3. The molecule has 1 aliphatic carbocycles. The van der Waals surface area contributed by atoms with E-state index in [2.05, 4.69) is 5.32 Å². The lowest BCUT2D eigenvalue weighted by molar-refractivity contribution is -0.119. The van der Waals surface area contributed by atoms with Crippen molar-refractivity contribution in [1.29, 1.82) is 0 Å². The number of benzene rings is 1. The zero-order valence-electron chi connectivity index (χ0n) is 12.2. The first-order valence-corrected chi connectivity index (χ1v) is 7.36. The molecule has 110 valence electrons. The SMILES string of the molecule is CN(CC(=O)NCCCOCC1CC1)c1ccccc1. The Balaban J connectivity index is 1.53. The van der Waals surface area contributed by atoms with E-state index in [1.165, 1.54) is 12.8 Å². The van der Waals surface area contributed by atoms with Crippen LogP contribution in [0.1, 0.15) is 19.3 Å². The second-order valence-corrected chi connectivity index (χ2v) is 5.41. The molecule has 1 fully saturated rings. The number of para-hydroxylation sites is 1. The molecule has 0 unspecified atom stereocenters. The normalized spacial score (nSPS) is 14.1. The van der Waals surface area contributed by atoms with Crippen molar-refractivity contribution in [2.75, 3.05) is 38.3 Å². The molecule has 0 bridgehead atoms. The fourth-order valence-electron chi connectivity index (χ4n) is 1.98. The second kappa shape index (κ2) is 7.90. The van der Waals surface area contributed by atoms with Crippen molar-refractivity contribution in [3.63, 3.8) is 0 Å². The molecule has 2 rings (SSSR count). The average Bonchev–Trinajstić information content (AvgIpc) is 3.27. The average molecular weight is 276 g/mol. The van der Waals surface area contributed by atoms with Crippen LogP contribution < -0.4 is 10.2 Å². The molecule has 1 aromatic carbocycles. The molecule has 0 atom stereocenters. The molecule has 0 radical (unpaired) electrons. The number of carbonyl (C=O) groups excluding carboxylic acids is 1. The van der Waals surface area contributed by atoms with Crippen LogP contribution in [0.15, 0.2) is 30.3 Å². The topological polar surface area (TPSA) is 41.6 Å². The molecule has 1 saturated carbocycles. The molecule has 0 saturated heterocycles. The summed E-state index contributed by atoms with van der Waals surface area (Å²) in [6.07, 6.45) is 3.53. The van der Waals surface area contributed by atoms with E-state index in [0.29, 0.717) is 13.1 Å². The highest BCUT2D eigenvalue weighted by Gasteiger charge is 2.20. The van der Waals surface area contributed by atoms with Crippen LogP contribution in [0.25, 0.3) is 0 Å². The maximum atomic E-state index is 11.8. The van der Waals surface area contributed by atoms with Crippen molar-refractivity contribution in [1.82, 2.24) is 5.32 Å². The van der Waals surface area contributed by atoms with Crippen molar-refractivity contribution in [3.05, 3.63) is 30.3 Å². The second-order valence-electron chi connectivity index (χ2n) is 5.41. The first-order valence-electron chi connectivity index (χ1n) is 7.36. The molecule has 1 N–H and O–H groups in total. The lowest BCUT2D eigenvalue weighted by Gasteiger charge is -2.18. The van der Waals surface area contributed by atoms with Crippen molar-refractivity contribution in [2.45, 2.75) is 19.3 Å². The number of carbonyl (C=O) groups is 1. The van der Waals surface area contributed by atoms with E-state index >= 15 is 0 Å². The number of ether oxygens (including phenoxy) is 1. The van der Waals surface area contributed by atoms with Gasteiger partial charge in [0.2, 0.25) is 5.91 Å². The Morgan fingerprint density at radius 2 is 2.10 bits per heavy atom. The minimum atomic E-state index is 0.0542. The summed E-state index contributed by atoms with van der Waals surface area (Å²) >= 11 is 0.